The van der Waals surface area contributed by atoms with Crippen LogP contribution >= 0.6 is 12.2 Å². The molecular weight excluding hydrogens is 230 g/mol. The van der Waals surface area contributed by atoms with Gasteiger partial charge in [0.25, 0.3) is 0 Å². The van der Waals surface area contributed by atoms with Crippen LogP contribution in [0.4, 0.5) is 0 Å². The SMILES string of the molecule is CC(C)Oc1cccc(C2C=CCNC2=S)c1. The average Bonchev–Trinajstić information content (AvgIpc) is 2.29. The molecule has 0 aromatic heterocycles. The summed E-state index contributed by atoms with van der Waals surface area (Å²) in [5.41, 5.74) is 1.18. The van der Waals surface area contributed by atoms with Crippen molar-refractivity contribution in [3.8, 4) is 5.75 Å². The summed E-state index contributed by atoms with van der Waals surface area (Å²) < 4.78 is 5.69. The largest absolute Gasteiger partial charge is 0.491 e. The molecule has 1 atom stereocenters. The van der Waals surface area contributed by atoms with Crippen molar-refractivity contribution in [3.63, 3.8) is 0 Å². The lowest BCUT2D eigenvalue weighted by molar-refractivity contribution is 0.242. The zero-order valence-electron chi connectivity index (χ0n) is 10.1. The molecule has 1 unspecified atom stereocenters. The minimum atomic E-state index is 0.175. The maximum Gasteiger partial charge on any atom is 0.119 e. The summed E-state index contributed by atoms with van der Waals surface area (Å²) in [4.78, 5) is 0.884. The number of rotatable bonds is 3. The first-order valence-electron chi connectivity index (χ1n) is 5.88. The molecule has 1 aliphatic rings. The quantitative estimate of drug-likeness (QED) is 0.655. The third kappa shape index (κ3) is 3.07. The molecule has 0 amide bonds. The Hall–Kier alpha value is -1.35. The van der Waals surface area contributed by atoms with E-state index >= 15 is 0 Å². The van der Waals surface area contributed by atoms with Crippen LogP contribution < -0.4 is 10.1 Å². The normalized spacial score (nSPS) is 19.2. The Kier molecular flexibility index (Phi) is 3.79. The Bertz CT molecular complexity index is 440. The van der Waals surface area contributed by atoms with Crippen molar-refractivity contribution >= 4 is 17.2 Å². The smallest absolute Gasteiger partial charge is 0.119 e. The molecular formula is C14H17NOS. The maximum absolute atomic E-state index is 5.69. The molecule has 0 radical (unpaired) electrons. The second-order valence-electron chi connectivity index (χ2n) is 4.39. The zero-order chi connectivity index (χ0) is 12.3. The van der Waals surface area contributed by atoms with Crippen LogP contribution in [0, 0.1) is 0 Å². The fraction of sp³-hybridized carbons (Fsp3) is 0.357. The molecule has 2 nitrogen and oxygen atoms in total. The molecule has 0 aliphatic carbocycles. The van der Waals surface area contributed by atoms with E-state index in [1.54, 1.807) is 0 Å². The Morgan fingerprint density at radius 2 is 2.24 bits per heavy atom. The molecule has 17 heavy (non-hydrogen) atoms. The van der Waals surface area contributed by atoms with Crippen molar-refractivity contribution in [1.82, 2.24) is 5.32 Å². The Labute approximate surface area is 108 Å². The summed E-state index contributed by atoms with van der Waals surface area (Å²) in [6.07, 6.45) is 4.45. The predicted molar refractivity (Wildman–Crippen MR) is 74.7 cm³/mol. The van der Waals surface area contributed by atoms with Crippen molar-refractivity contribution in [2.75, 3.05) is 6.54 Å². The lowest BCUT2D eigenvalue weighted by Gasteiger charge is -2.20. The number of hydrogen-bond donors (Lipinski definition) is 1. The van der Waals surface area contributed by atoms with Crippen LogP contribution in [-0.2, 0) is 0 Å². The Morgan fingerprint density at radius 3 is 2.94 bits per heavy atom. The van der Waals surface area contributed by atoms with Gasteiger partial charge in [0.05, 0.1) is 17.0 Å². The molecule has 1 aliphatic heterocycles. The maximum atomic E-state index is 5.69. The van der Waals surface area contributed by atoms with Crippen molar-refractivity contribution in [2.24, 2.45) is 0 Å². The summed E-state index contributed by atoms with van der Waals surface area (Å²) >= 11 is 5.34. The first-order chi connectivity index (χ1) is 8.16. The number of hydrogen-bond acceptors (Lipinski definition) is 2. The summed E-state index contributed by atoms with van der Waals surface area (Å²) in [5.74, 6) is 1.08. The molecule has 3 heteroatoms. The second kappa shape index (κ2) is 5.32. The third-order valence-corrected chi connectivity index (χ3v) is 2.99. The summed E-state index contributed by atoms with van der Waals surface area (Å²) in [6.45, 7) is 4.89. The van der Waals surface area contributed by atoms with E-state index < -0.39 is 0 Å². The molecule has 2 rings (SSSR count). The van der Waals surface area contributed by atoms with Gasteiger partial charge in [-0.05, 0) is 31.5 Å². The van der Waals surface area contributed by atoms with Crippen molar-refractivity contribution in [2.45, 2.75) is 25.9 Å². The van der Waals surface area contributed by atoms with Crippen LogP contribution in [0.1, 0.15) is 25.3 Å². The van der Waals surface area contributed by atoms with Gasteiger partial charge in [0.2, 0.25) is 0 Å². The Balaban J connectivity index is 2.23. The molecule has 0 saturated carbocycles. The van der Waals surface area contributed by atoms with Crippen molar-refractivity contribution < 1.29 is 4.74 Å². The van der Waals surface area contributed by atoms with Crippen LogP contribution in [0.2, 0.25) is 0 Å². The van der Waals surface area contributed by atoms with E-state index in [-0.39, 0.29) is 12.0 Å². The number of thiocarbonyl (C=S) groups is 1. The minimum absolute atomic E-state index is 0.175. The molecule has 1 heterocycles. The number of nitrogens with one attached hydrogen (secondary N) is 1. The molecule has 1 aromatic rings. The topological polar surface area (TPSA) is 21.3 Å². The van der Waals surface area contributed by atoms with Crippen LogP contribution in [0.5, 0.6) is 5.75 Å². The minimum Gasteiger partial charge on any atom is -0.491 e. The van der Waals surface area contributed by atoms with E-state index in [4.69, 9.17) is 17.0 Å². The van der Waals surface area contributed by atoms with Crippen LogP contribution in [-0.4, -0.2) is 17.6 Å². The first-order valence-corrected chi connectivity index (χ1v) is 6.28. The summed E-state index contributed by atoms with van der Waals surface area (Å²) in [5, 5.41) is 3.19. The van der Waals surface area contributed by atoms with Crippen LogP contribution in [0.3, 0.4) is 0 Å². The van der Waals surface area contributed by atoms with E-state index in [2.05, 4.69) is 29.6 Å². The van der Waals surface area contributed by atoms with Crippen molar-refractivity contribution in [1.29, 1.82) is 0 Å². The third-order valence-electron chi connectivity index (χ3n) is 2.59. The van der Waals surface area contributed by atoms with Gasteiger partial charge in [-0.2, -0.15) is 0 Å². The predicted octanol–water partition coefficient (Wildman–Crippen LogP) is 3.04. The molecule has 1 aromatic carbocycles. The van der Waals surface area contributed by atoms with Gasteiger partial charge in [-0.3, -0.25) is 0 Å². The molecule has 0 bridgehead atoms. The van der Waals surface area contributed by atoms with Gasteiger partial charge >= 0.3 is 0 Å². The molecule has 90 valence electrons. The molecule has 0 spiro atoms. The molecule has 0 saturated heterocycles. The second-order valence-corrected chi connectivity index (χ2v) is 4.83. The Morgan fingerprint density at radius 1 is 1.41 bits per heavy atom. The highest BCUT2D eigenvalue weighted by molar-refractivity contribution is 7.80. The number of ether oxygens (including phenoxy) is 1. The van der Waals surface area contributed by atoms with Crippen LogP contribution in [0.25, 0.3) is 0 Å². The lowest BCUT2D eigenvalue weighted by atomic mass is 9.96. The average molecular weight is 247 g/mol. The monoisotopic (exact) mass is 247 g/mol. The van der Waals surface area contributed by atoms with E-state index in [0.29, 0.717) is 0 Å². The van der Waals surface area contributed by atoms with Crippen LogP contribution in [0.15, 0.2) is 36.4 Å². The highest BCUT2D eigenvalue weighted by atomic mass is 32.1. The highest BCUT2D eigenvalue weighted by Gasteiger charge is 2.16. The lowest BCUT2D eigenvalue weighted by Crippen LogP contribution is -2.30. The van der Waals surface area contributed by atoms with Crippen molar-refractivity contribution in [3.05, 3.63) is 42.0 Å². The fourth-order valence-electron chi connectivity index (χ4n) is 1.88. The number of benzene rings is 1. The van der Waals surface area contributed by atoms with Gasteiger partial charge < -0.3 is 10.1 Å². The zero-order valence-corrected chi connectivity index (χ0v) is 11.0. The van der Waals surface area contributed by atoms with E-state index in [9.17, 15) is 0 Å². The highest BCUT2D eigenvalue weighted by Crippen LogP contribution is 2.25. The summed E-state index contributed by atoms with van der Waals surface area (Å²) in [7, 11) is 0. The van der Waals surface area contributed by atoms with E-state index in [0.717, 1.165) is 17.3 Å². The molecule has 1 N–H and O–H groups in total. The standard InChI is InChI=1S/C14H17NOS/c1-10(2)16-12-6-3-5-11(9-12)13-7-4-8-15-14(13)17/h3-7,9-10,13H,8H2,1-2H3,(H,15,17). The molecule has 0 fully saturated rings. The van der Waals surface area contributed by atoms with Gasteiger partial charge in [-0.15, -0.1) is 0 Å². The van der Waals surface area contributed by atoms with E-state index in [1.165, 1.54) is 5.56 Å². The summed E-state index contributed by atoms with van der Waals surface area (Å²) in [6, 6.07) is 8.14. The van der Waals surface area contributed by atoms with Gasteiger partial charge in [-0.25, -0.2) is 0 Å². The van der Waals surface area contributed by atoms with Gasteiger partial charge in [0.15, 0.2) is 0 Å². The van der Waals surface area contributed by atoms with E-state index in [1.807, 2.05) is 26.0 Å². The fourth-order valence-corrected chi connectivity index (χ4v) is 2.17. The van der Waals surface area contributed by atoms with Gasteiger partial charge in [0.1, 0.15) is 5.75 Å². The van der Waals surface area contributed by atoms with Gasteiger partial charge in [0, 0.05) is 6.54 Å². The van der Waals surface area contributed by atoms with Gasteiger partial charge in [-0.1, -0.05) is 36.5 Å². The first kappa shape index (κ1) is 12.1.